The van der Waals surface area contributed by atoms with Gasteiger partial charge in [0.1, 0.15) is 5.82 Å². The van der Waals surface area contributed by atoms with E-state index in [0.717, 1.165) is 10.2 Å². The molecule has 0 aromatic heterocycles. The highest BCUT2D eigenvalue weighted by Crippen LogP contribution is 2.28. The fourth-order valence-corrected chi connectivity index (χ4v) is 2.61. The van der Waals surface area contributed by atoms with Crippen LogP contribution in [0, 0.1) is 19.7 Å². The maximum Gasteiger partial charge on any atom is 0.124 e. The van der Waals surface area contributed by atoms with Gasteiger partial charge in [-0.05, 0) is 66.0 Å². The highest BCUT2D eigenvalue weighted by atomic mass is 79.9. The molecule has 0 saturated carbocycles. The van der Waals surface area contributed by atoms with Crippen LogP contribution >= 0.6 is 15.9 Å². The topological polar surface area (TPSA) is 12.0 Å². The lowest BCUT2D eigenvalue weighted by Crippen LogP contribution is -2.09. The third kappa shape index (κ3) is 3.35. The van der Waals surface area contributed by atoms with Gasteiger partial charge in [-0.25, -0.2) is 4.39 Å². The van der Waals surface area contributed by atoms with Gasteiger partial charge in [-0.15, -0.1) is 0 Å². The Hall–Kier alpha value is -1.35. The van der Waals surface area contributed by atoms with Gasteiger partial charge < -0.3 is 5.32 Å². The first-order chi connectivity index (χ1) is 8.97. The van der Waals surface area contributed by atoms with Gasteiger partial charge in [0.2, 0.25) is 0 Å². The molecule has 1 unspecified atom stereocenters. The van der Waals surface area contributed by atoms with Crippen LogP contribution in [0.4, 0.5) is 10.1 Å². The van der Waals surface area contributed by atoms with E-state index < -0.39 is 0 Å². The number of hydrogen-bond acceptors (Lipinski definition) is 1. The van der Waals surface area contributed by atoms with Gasteiger partial charge in [-0.3, -0.25) is 0 Å². The molecule has 1 atom stereocenters. The predicted molar refractivity (Wildman–Crippen MR) is 82.1 cm³/mol. The predicted octanol–water partition coefficient (Wildman–Crippen LogP) is 5.38. The molecule has 1 nitrogen and oxygen atoms in total. The highest BCUT2D eigenvalue weighted by molar-refractivity contribution is 9.10. The first-order valence-corrected chi connectivity index (χ1v) is 7.05. The third-order valence-electron chi connectivity index (χ3n) is 3.20. The summed E-state index contributed by atoms with van der Waals surface area (Å²) in [5.41, 5.74) is 4.65. The van der Waals surface area contributed by atoms with Gasteiger partial charge in [0.15, 0.2) is 0 Å². The number of anilines is 1. The summed E-state index contributed by atoms with van der Waals surface area (Å²) < 4.78 is 13.8. The minimum Gasteiger partial charge on any atom is -0.378 e. The molecule has 0 radical (unpaired) electrons. The summed E-state index contributed by atoms with van der Waals surface area (Å²) in [7, 11) is 0. The zero-order valence-corrected chi connectivity index (χ0v) is 12.9. The van der Waals surface area contributed by atoms with Crippen LogP contribution in [0.15, 0.2) is 40.9 Å². The van der Waals surface area contributed by atoms with E-state index in [4.69, 9.17) is 0 Å². The smallest absolute Gasteiger partial charge is 0.124 e. The second-order valence-corrected chi connectivity index (χ2v) is 5.70. The second-order valence-electron chi connectivity index (χ2n) is 4.85. The Bertz CT molecular complexity index is 595. The quantitative estimate of drug-likeness (QED) is 0.800. The van der Waals surface area contributed by atoms with Crippen molar-refractivity contribution in [2.45, 2.75) is 26.8 Å². The van der Waals surface area contributed by atoms with E-state index in [-0.39, 0.29) is 11.9 Å². The monoisotopic (exact) mass is 321 g/mol. The molecule has 100 valence electrons. The van der Waals surface area contributed by atoms with Crippen molar-refractivity contribution >= 4 is 21.6 Å². The van der Waals surface area contributed by atoms with E-state index in [1.54, 1.807) is 6.07 Å². The molecule has 0 amide bonds. The molecule has 1 N–H and O–H groups in total. The molecule has 0 aliphatic rings. The van der Waals surface area contributed by atoms with Crippen LogP contribution in [0.5, 0.6) is 0 Å². The molecule has 0 aliphatic heterocycles. The van der Waals surface area contributed by atoms with E-state index in [9.17, 15) is 4.39 Å². The first-order valence-electron chi connectivity index (χ1n) is 6.26. The maximum atomic E-state index is 13.1. The summed E-state index contributed by atoms with van der Waals surface area (Å²) in [5, 5.41) is 3.41. The van der Waals surface area contributed by atoms with Crippen molar-refractivity contribution in [3.63, 3.8) is 0 Å². The molecule has 2 aromatic rings. The molecule has 0 saturated heterocycles. The first kappa shape index (κ1) is 14.1. The van der Waals surface area contributed by atoms with Crippen molar-refractivity contribution in [1.82, 2.24) is 0 Å². The van der Waals surface area contributed by atoms with Crippen LogP contribution in [0.25, 0.3) is 0 Å². The average Bonchev–Trinajstić information content (AvgIpc) is 2.35. The van der Waals surface area contributed by atoms with Crippen molar-refractivity contribution < 1.29 is 4.39 Å². The van der Waals surface area contributed by atoms with Crippen molar-refractivity contribution in [3.05, 3.63) is 63.4 Å². The summed E-state index contributed by atoms with van der Waals surface area (Å²) >= 11 is 3.38. The van der Waals surface area contributed by atoms with Crippen LogP contribution in [0.2, 0.25) is 0 Å². The van der Waals surface area contributed by atoms with Crippen LogP contribution in [0.1, 0.15) is 29.7 Å². The number of rotatable bonds is 3. The summed E-state index contributed by atoms with van der Waals surface area (Å²) in [5.74, 6) is -0.239. The van der Waals surface area contributed by atoms with E-state index in [1.807, 2.05) is 0 Å². The average molecular weight is 322 g/mol. The van der Waals surface area contributed by atoms with Crippen LogP contribution < -0.4 is 5.32 Å². The largest absolute Gasteiger partial charge is 0.378 e. The Kier molecular flexibility index (Phi) is 4.25. The summed E-state index contributed by atoms with van der Waals surface area (Å²) in [6.07, 6.45) is 0. The summed E-state index contributed by atoms with van der Waals surface area (Å²) in [6.45, 7) is 6.30. The van der Waals surface area contributed by atoms with Gasteiger partial charge in [0.05, 0.1) is 0 Å². The molecule has 3 heteroatoms. The molecule has 0 heterocycles. The fourth-order valence-electron chi connectivity index (χ4n) is 2.14. The van der Waals surface area contributed by atoms with Crippen molar-refractivity contribution in [2.75, 3.05) is 5.32 Å². The molecule has 2 aromatic carbocycles. The van der Waals surface area contributed by atoms with Crippen molar-refractivity contribution in [1.29, 1.82) is 0 Å². The minimum atomic E-state index is -0.239. The Morgan fingerprint density at radius 3 is 2.53 bits per heavy atom. The zero-order valence-electron chi connectivity index (χ0n) is 11.3. The molecule has 0 bridgehead atoms. The molecule has 0 fully saturated rings. The van der Waals surface area contributed by atoms with Gasteiger partial charge in [-0.1, -0.05) is 23.8 Å². The number of nitrogens with one attached hydrogen (secondary N) is 1. The van der Waals surface area contributed by atoms with Crippen LogP contribution in [-0.2, 0) is 0 Å². The van der Waals surface area contributed by atoms with Crippen molar-refractivity contribution in [3.8, 4) is 0 Å². The molecular formula is C16H17BrFN. The lowest BCUT2D eigenvalue weighted by Gasteiger charge is -2.19. The van der Waals surface area contributed by atoms with E-state index in [1.165, 1.54) is 28.8 Å². The Morgan fingerprint density at radius 2 is 1.84 bits per heavy atom. The van der Waals surface area contributed by atoms with Crippen molar-refractivity contribution in [2.24, 2.45) is 0 Å². The minimum absolute atomic E-state index is 0.168. The molecule has 2 rings (SSSR count). The summed E-state index contributed by atoms with van der Waals surface area (Å²) in [6, 6.07) is 11.3. The lowest BCUT2D eigenvalue weighted by atomic mass is 10.00. The maximum absolute atomic E-state index is 13.1. The molecule has 0 spiro atoms. The molecular weight excluding hydrogens is 305 g/mol. The van der Waals surface area contributed by atoms with Gasteiger partial charge in [-0.2, -0.15) is 0 Å². The normalized spacial score (nSPS) is 12.3. The lowest BCUT2D eigenvalue weighted by molar-refractivity contribution is 0.627. The van der Waals surface area contributed by atoms with Gasteiger partial charge in [0, 0.05) is 16.2 Å². The number of hydrogen-bond donors (Lipinski definition) is 1. The SMILES string of the molecule is Cc1ccc(C)c(C(C)Nc2ccc(F)cc2Br)c1. The Morgan fingerprint density at radius 1 is 1.11 bits per heavy atom. The fraction of sp³-hybridized carbons (Fsp3) is 0.250. The number of benzene rings is 2. The zero-order chi connectivity index (χ0) is 14.0. The highest BCUT2D eigenvalue weighted by Gasteiger charge is 2.10. The van der Waals surface area contributed by atoms with Gasteiger partial charge in [0.25, 0.3) is 0 Å². The Labute approximate surface area is 122 Å². The van der Waals surface area contributed by atoms with E-state index in [0.29, 0.717) is 0 Å². The third-order valence-corrected chi connectivity index (χ3v) is 3.86. The number of halogens is 2. The molecule has 19 heavy (non-hydrogen) atoms. The molecule has 0 aliphatic carbocycles. The summed E-state index contributed by atoms with van der Waals surface area (Å²) in [4.78, 5) is 0. The standard InChI is InChI=1S/C16H17BrFN/c1-10-4-5-11(2)14(8-10)12(3)19-16-7-6-13(18)9-15(16)17/h4-9,12,19H,1-3H3. The Balaban J connectivity index is 2.25. The number of aryl methyl sites for hydroxylation is 2. The van der Waals surface area contributed by atoms with Crippen LogP contribution in [-0.4, -0.2) is 0 Å². The van der Waals surface area contributed by atoms with Gasteiger partial charge >= 0.3 is 0 Å². The van der Waals surface area contributed by atoms with E-state index in [2.05, 4.69) is 60.2 Å². The second kappa shape index (κ2) is 5.74. The van der Waals surface area contributed by atoms with Crippen LogP contribution in [0.3, 0.4) is 0 Å². The van der Waals surface area contributed by atoms with E-state index >= 15 is 0 Å².